The first-order valence-corrected chi connectivity index (χ1v) is 9.17. The molecule has 3 rings (SSSR count). The first kappa shape index (κ1) is 15.9. The Morgan fingerprint density at radius 2 is 2.04 bits per heavy atom. The van der Waals surface area contributed by atoms with Gasteiger partial charge >= 0.3 is 0 Å². The highest BCUT2D eigenvalue weighted by Crippen LogP contribution is 2.33. The first-order chi connectivity index (χ1) is 10.8. The quantitative estimate of drug-likeness (QED) is 0.661. The molecule has 1 aromatic rings. The van der Waals surface area contributed by atoms with Crippen molar-refractivity contribution in [2.45, 2.75) is 44.0 Å². The highest BCUT2D eigenvalue weighted by atomic mass is 32.2. The third kappa shape index (κ3) is 2.83. The molecule has 0 radical (unpaired) electrons. The van der Waals surface area contributed by atoms with Crippen LogP contribution in [0.2, 0.25) is 0 Å². The number of hydrogen-bond donors (Lipinski definition) is 1. The predicted octanol–water partition coefficient (Wildman–Crippen LogP) is 2.46. The van der Waals surface area contributed by atoms with Crippen molar-refractivity contribution in [1.29, 1.82) is 0 Å². The monoisotopic (exact) mass is 337 g/mol. The summed E-state index contributed by atoms with van der Waals surface area (Å²) in [5.41, 5.74) is 0.177. The minimum Gasteiger partial charge on any atom is -0.264 e. The van der Waals surface area contributed by atoms with Crippen LogP contribution in [0.4, 0.5) is 5.69 Å². The molecule has 0 bridgehead atoms. The number of benzene rings is 1. The lowest BCUT2D eigenvalue weighted by atomic mass is 9.78. The molecule has 0 unspecified atom stereocenters. The van der Waals surface area contributed by atoms with Crippen LogP contribution in [0.3, 0.4) is 0 Å². The maximum atomic E-state index is 12.2. The number of amidine groups is 1. The van der Waals surface area contributed by atoms with Crippen LogP contribution in [0.5, 0.6) is 0 Å². The molecule has 124 valence electrons. The van der Waals surface area contributed by atoms with Gasteiger partial charge in [0.2, 0.25) is 0 Å². The number of nitrogens with zero attached hydrogens (tertiary/aromatic N) is 2. The van der Waals surface area contributed by atoms with Crippen molar-refractivity contribution in [3.05, 3.63) is 33.9 Å². The number of rotatable bonds is 2. The van der Waals surface area contributed by atoms with E-state index >= 15 is 0 Å². The highest BCUT2D eigenvalue weighted by Gasteiger charge is 2.34. The molecule has 1 fully saturated rings. The molecule has 0 amide bonds. The van der Waals surface area contributed by atoms with Crippen molar-refractivity contribution >= 4 is 21.5 Å². The largest absolute Gasteiger partial charge is 0.270 e. The standard InChI is InChI=1S/C15H19N3O4S/c1-9-4-3-5-13(10(9)2)16-15-12-7-6-11(18(19)20)8-14(12)23(21,22)17-15/h6-10,13H,3-5H2,1-2H3,(H,16,17)/t9-,10+,13+/m1/s1. The lowest BCUT2D eigenvalue weighted by Gasteiger charge is -2.31. The lowest BCUT2D eigenvalue weighted by molar-refractivity contribution is -0.385. The first-order valence-electron chi connectivity index (χ1n) is 7.69. The third-order valence-corrected chi connectivity index (χ3v) is 6.29. The van der Waals surface area contributed by atoms with Crippen LogP contribution in [-0.4, -0.2) is 25.2 Å². The molecule has 3 atom stereocenters. The van der Waals surface area contributed by atoms with Crippen molar-refractivity contribution < 1.29 is 13.3 Å². The summed E-state index contributed by atoms with van der Waals surface area (Å²) in [4.78, 5) is 14.8. The van der Waals surface area contributed by atoms with E-state index in [1.807, 2.05) is 0 Å². The average Bonchev–Trinajstić information content (AvgIpc) is 2.74. The molecule has 2 aliphatic rings. The summed E-state index contributed by atoms with van der Waals surface area (Å²) in [6.45, 7) is 4.33. The van der Waals surface area contributed by atoms with Gasteiger partial charge in [0.1, 0.15) is 10.7 Å². The number of nitro groups is 1. The Bertz CT molecular complexity index is 788. The number of non-ortho nitro benzene ring substituents is 1. The second-order valence-electron chi connectivity index (χ2n) is 6.36. The van der Waals surface area contributed by atoms with E-state index in [4.69, 9.17) is 0 Å². The summed E-state index contributed by atoms with van der Waals surface area (Å²) >= 11 is 0. The fourth-order valence-electron chi connectivity index (χ4n) is 3.28. The zero-order chi connectivity index (χ0) is 16.8. The van der Waals surface area contributed by atoms with Gasteiger partial charge in [0.05, 0.1) is 11.0 Å². The maximum Gasteiger partial charge on any atom is 0.270 e. The van der Waals surface area contributed by atoms with E-state index in [1.165, 1.54) is 12.1 Å². The second kappa shape index (κ2) is 5.59. The lowest BCUT2D eigenvalue weighted by Crippen LogP contribution is -2.31. The summed E-state index contributed by atoms with van der Waals surface area (Å²) in [5.74, 6) is 1.23. The number of nitro benzene ring substituents is 1. The number of nitrogens with one attached hydrogen (secondary N) is 1. The van der Waals surface area contributed by atoms with Crippen LogP contribution >= 0.6 is 0 Å². The topological polar surface area (TPSA) is 102 Å². The molecule has 23 heavy (non-hydrogen) atoms. The van der Waals surface area contributed by atoms with E-state index in [0.29, 0.717) is 23.2 Å². The summed E-state index contributed by atoms with van der Waals surface area (Å²) in [6, 6.07) is 3.93. The Balaban J connectivity index is 2.02. The van der Waals surface area contributed by atoms with Gasteiger partial charge in [-0.2, -0.15) is 0 Å². The SMILES string of the molecule is C[C@H]1[C@H](C)CCC[C@@H]1N=C1NS(=O)(=O)c2cc([N+](=O)[O-])ccc21. The molecule has 7 nitrogen and oxygen atoms in total. The molecule has 1 aliphatic carbocycles. The molecule has 1 aliphatic heterocycles. The van der Waals surface area contributed by atoms with E-state index < -0.39 is 14.9 Å². The summed E-state index contributed by atoms with van der Waals surface area (Å²) in [7, 11) is -3.78. The van der Waals surface area contributed by atoms with Gasteiger partial charge in [-0.1, -0.05) is 26.7 Å². The molecule has 1 N–H and O–H groups in total. The van der Waals surface area contributed by atoms with Gasteiger partial charge in [0, 0.05) is 17.7 Å². The van der Waals surface area contributed by atoms with Gasteiger partial charge in [0.15, 0.2) is 0 Å². The van der Waals surface area contributed by atoms with Gasteiger partial charge in [-0.25, -0.2) is 8.42 Å². The van der Waals surface area contributed by atoms with Gasteiger partial charge < -0.3 is 0 Å². The molecular formula is C15H19N3O4S. The van der Waals surface area contributed by atoms with Crippen molar-refractivity contribution in [3.63, 3.8) is 0 Å². The average molecular weight is 337 g/mol. The van der Waals surface area contributed by atoms with Crippen LogP contribution < -0.4 is 4.72 Å². The summed E-state index contributed by atoms with van der Waals surface area (Å²) < 4.78 is 26.9. The van der Waals surface area contributed by atoms with E-state index in [2.05, 4.69) is 23.6 Å². The van der Waals surface area contributed by atoms with Crippen molar-refractivity contribution in [3.8, 4) is 0 Å². The molecule has 0 saturated heterocycles. The second-order valence-corrected chi connectivity index (χ2v) is 8.01. The van der Waals surface area contributed by atoms with E-state index in [1.54, 1.807) is 0 Å². The third-order valence-electron chi connectivity index (χ3n) is 4.91. The Morgan fingerprint density at radius 1 is 1.30 bits per heavy atom. The Morgan fingerprint density at radius 3 is 2.74 bits per heavy atom. The fourth-order valence-corrected chi connectivity index (χ4v) is 4.53. The predicted molar refractivity (Wildman–Crippen MR) is 85.9 cm³/mol. The van der Waals surface area contributed by atoms with Gasteiger partial charge in [-0.3, -0.25) is 19.8 Å². The summed E-state index contributed by atoms with van der Waals surface area (Å²) in [5, 5.41) is 10.8. The maximum absolute atomic E-state index is 12.2. The fraction of sp³-hybridized carbons (Fsp3) is 0.533. The Labute approximate surface area is 135 Å². The Hall–Kier alpha value is -1.96. The zero-order valence-corrected chi connectivity index (χ0v) is 13.8. The molecular weight excluding hydrogens is 318 g/mol. The van der Waals surface area contributed by atoms with E-state index in [9.17, 15) is 18.5 Å². The Kier molecular flexibility index (Phi) is 3.87. The van der Waals surface area contributed by atoms with Crippen LogP contribution in [0.15, 0.2) is 28.1 Å². The zero-order valence-electron chi connectivity index (χ0n) is 13.0. The molecule has 1 saturated carbocycles. The molecule has 1 heterocycles. The van der Waals surface area contributed by atoms with Crippen molar-refractivity contribution in [1.82, 2.24) is 4.72 Å². The van der Waals surface area contributed by atoms with Crippen LogP contribution in [0.25, 0.3) is 0 Å². The number of sulfonamides is 1. The van der Waals surface area contributed by atoms with E-state index in [0.717, 1.165) is 25.3 Å². The number of hydrogen-bond acceptors (Lipinski definition) is 5. The minimum absolute atomic E-state index is 0.0672. The number of fused-ring (bicyclic) bond motifs is 1. The summed E-state index contributed by atoms with van der Waals surface area (Å²) in [6.07, 6.45) is 3.17. The van der Waals surface area contributed by atoms with Crippen LogP contribution in [-0.2, 0) is 10.0 Å². The highest BCUT2D eigenvalue weighted by molar-refractivity contribution is 7.90. The molecule has 1 aromatic carbocycles. The van der Waals surface area contributed by atoms with Crippen molar-refractivity contribution in [2.24, 2.45) is 16.8 Å². The van der Waals surface area contributed by atoms with Crippen LogP contribution in [0.1, 0.15) is 38.7 Å². The van der Waals surface area contributed by atoms with Gasteiger partial charge in [0.25, 0.3) is 15.7 Å². The smallest absolute Gasteiger partial charge is 0.264 e. The molecule has 0 aromatic heterocycles. The van der Waals surface area contributed by atoms with E-state index in [-0.39, 0.29) is 16.6 Å². The normalized spacial score (nSPS) is 30.7. The van der Waals surface area contributed by atoms with Gasteiger partial charge in [-0.05, 0) is 24.3 Å². The molecule has 0 spiro atoms. The molecule has 8 heteroatoms. The minimum atomic E-state index is -3.78. The number of aliphatic imine (C=N–C) groups is 1. The van der Waals surface area contributed by atoms with Crippen LogP contribution in [0, 0.1) is 22.0 Å². The van der Waals surface area contributed by atoms with Crippen molar-refractivity contribution in [2.75, 3.05) is 0 Å². The van der Waals surface area contributed by atoms with Gasteiger partial charge in [-0.15, -0.1) is 0 Å².